The summed E-state index contributed by atoms with van der Waals surface area (Å²) in [6.45, 7) is 0.333. The normalized spacial score (nSPS) is 15.8. The Hall–Kier alpha value is -1.73. The van der Waals surface area contributed by atoms with Gasteiger partial charge in [-0.25, -0.2) is 4.98 Å². The molecule has 0 bridgehead atoms. The fourth-order valence-corrected chi connectivity index (χ4v) is 2.39. The zero-order valence-electron chi connectivity index (χ0n) is 11.0. The number of aromatic nitrogens is 1. The Balaban J connectivity index is 2.32. The molecule has 1 atom stereocenters. The molecule has 1 aliphatic carbocycles. The lowest BCUT2D eigenvalue weighted by molar-refractivity contribution is -0.385. The van der Waals surface area contributed by atoms with E-state index in [9.17, 15) is 14.9 Å². The van der Waals surface area contributed by atoms with Gasteiger partial charge in [-0.3, -0.25) is 14.9 Å². The molecule has 1 unspecified atom stereocenters. The van der Waals surface area contributed by atoms with Crippen molar-refractivity contribution < 1.29 is 9.72 Å². The zero-order chi connectivity index (χ0) is 14.9. The predicted molar refractivity (Wildman–Crippen MR) is 73.6 cm³/mol. The molecule has 1 fully saturated rings. The highest BCUT2D eigenvalue weighted by Crippen LogP contribution is 2.35. The molecule has 1 amide bonds. The third kappa shape index (κ3) is 2.88. The van der Waals surface area contributed by atoms with Gasteiger partial charge in [-0.1, -0.05) is 11.6 Å². The monoisotopic (exact) mass is 298 g/mol. The second kappa shape index (κ2) is 5.72. The van der Waals surface area contributed by atoms with Crippen LogP contribution in [0.4, 0.5) is 5.69 Å². The third-order valence-corrected chi connectivity index (χ3v) is 3.71. The number of nitrogens with zero attached hydrogens (tertiary/aromatic N) is 3. The van der Waals surface area contributed by atoms with Gasteiger partial charge in [0.25, 0.3) is 11.6 Å². The lowest BCUT2D eigenvalue weighted by atomic mass is 10.1. The summed E-state index contributed by atoms with van der Waals surface area (Å²) < 4.78 is 0. The van der Waals surface area contributed by atoms with Gasteiger partial charge >= 0.3 is 0 Å². The molecule has 108 valence electrons. The summed E-state index contributed by atoms with van der Waals surface area (Å²) >= 11 is 5.73. The minimum absolute atomic E-state index is 0.0445. The van der Waals surface area contributed by atoms with E-state index >= 15 is 0 Å². The Morgan fingerprint density at radius 1 is 1.70 bits per heavy atom. The van der Waals surface area contributed by atoms with E-state index in [0.29, 0.717) is 12.5 Å². The Bertz CT molecular complexity index is 548. The van der Waals surface area contributed by atoms with Crippen LogP contribution in [0.2, 0.25) is 5.15 Å². The maximum Gasteiger partial charge on any atom is 0.300 e. The Kier molecular flexibility index (Phi) is 4.20. The Labute approximate surface area is 120 Å². The quantitative estimate of drug-likeness (QED) is 0.503. The zero-order valence-corrected chi connectivity index (χ0v) is 11.7. The molecule has 0 spiro atoms. The molecule has 0 radical (unpaired) electrons. The van der Waals surface area contributed by atoms with Crippen LogP contribution in [0.3, 0.4) is 0 Å². The van der Waals surface area contributed by atoms with Gasteiger partial charge in [-0.15, -0.1) is 0 Å². The van der Waals surface area contributed by atoms with Crippen molar-refractivity contribution in [2.24, 2.45) is 11.7 Å². The van der Waals surface area contributed by atoms with Crippen molar-refractivity contribution in [3.05, 3.63) is 33.1 Å². The number of carbonyl (C=O) groups excluding carboxylic acids is 1. The second-order valence-corrected chi connectivity index (χ2v) is 5.23. The standard InChI is InChI=1S/C12H15ClN4O3/c1-16(9(5-14)7-2-3-7)12(18)8-4-11(13)15-6-10(8)17(19)20/h4,6-7,9H,2-3,5,14H2,1H3. The maximum atomic E-state index is 12.4. The van der Waals surface area contributed by atoms with Crippen LogP contribution in [0, 0.1) is 16.0 Å². The molecule has 20 heavy (non-hydrogen) atoms. The molecule has 2 N–H and O–H groups in total. The molecular weight excluding hydrogens is 284 g/mol. The number of pyridine rings is 1. The van der Waals surface area contributed by atoms with Crippen LogP contribution in [0.15, 0.2) is 12.3 Å². The number of nitrogens with two attached hydrogens (primary N) is 1. The summed E-state index contributed by atoms with van der Waals surface area (Å²) in [7, 11) is 1.61. The minimum Gasteiger partial charge on any atom is -0.337 e. The first-order valence-corrected chi connectivity index (χ1v) is 6.60. The van der Waals surface area contributed by atoms with Gasteiger partial charge in [0.2, 0.25) is 0 Å². The molecule has 7 nitrogen and oxygen atoms in total. The summed E-state index contributed by atoms with van der Waals surface area (Å²) in [5.41, 5.74) is 5.28. The molecular formula is C12H15ClN4O3. The van der Waals surface area contributed by atoms with Crippen molar-refractivity contribution in [3.63, 3.8) is 0 Å². The molecule has 1 aliphatic rings. The minimum atomic E-state index is -0.640. The maximum absolute atomic E-state index is 12.4. The van der Waals surface area contributed by atoms with Gasteiger partial charge in [0.1, 0.15) is 16.9 Å². The van der Waals surface area contributed by atoms with Crippen LogP contribution in [0.5, 0.6) is 0 Å². The molecule has 0 saturated heterocycles. The fraction of sp³-hybridized carbons (Fsp3) is 0.500. The van der Waals surface area contributed by atoms with Crippen LogP contribution in [-0.2, 0) is 0 Å². The highest BCUT2D eigenvalue weighted by molar-refractivity contribution is 6.29. The summed E-state index contributed by atoms with van der Waals surface area (Å²) in [5.74, 6) is -0.0753. The Morgan fingerprint density at radius 3 is 2.85 bits per heavy atom. The molecule has 1 heterocycles. The highest BCUT2D eigenvalue weighted by Gasteiger charge is 2.36. The van der Waals surface area contributed by atoms with Crippen LogP contribution in [-0.4, -0.2) is 40.3 Å². The lowest BCUT2D eigenvalue weighted by Gasteiger charge is -2.27. The molecule has 0 aliphatic heterocycles. The van der Waals surface area contributed by atoms with E-state index in [0.717, 1.165) is 19.0 Å². The summed E-state index contributed by atoms with van der Waals surface area (Å²) in [6, 6.07) is 1.12. The number of likely N-dealkylation sites (N-methyl/N-ethyl adjacent to an activating group) is 1. The van der Waals surface area contributed by atoms with E-state index in [2.05, 4.69) is 4.98 Å². The molecule has 1 aromatic rings. The summed E-state index contributed by atoms with van der Waals surface area (Å²) in [5, 5.41) is 11.0. The number of rotatable bonds is 5. The largest absolute Gasteiger partial charge is 0.337 e. The van der Waals surface area contributed by atoms with Crippen LogP contribution in [0.1, 0.15) is 23.2 Å². The van der Waals surface area contributed by atoms with E-state index < -0.39 is 10.8 Å². The van der Waals surface area contributed by atoms with Gasteiger partial charge in [0, 0.05) is 19.6 Å². The number of nitro groups is 1. The number of halogens is 1. The molecule has 2 rings (SSSR count). The summed E-state index contributed by atoms with van der Waals surface area (Å²) in [6.07, 6.45) is 3.05. The number of hydrogen-bond acceptors (Lipinski definition) is 5. The van der Waals surface area contributed by atoms with Crippen molar-refractivity contribution in [2.75, 3.05) is 13.6 Å². The summed E-state index contributed by atoms with van der Waals surface area (Å²) in [4.78, 5) is 27.9. The SMILES string of the molecule is CN(C(=O)c1cc(Cl)ncc1[N+](=O)[O-])C(CN)C1CC1. The van der Waals surface area contributed by atoms with Crippen LogP contribution >= 0.6 is 11.6 Å². The van der Waals surface area contributed by atoms with Crippen molar-refractivity contribution in [1.82, 2.24) is 9.88 Å². The van der Waals surface area contributed by atoms with E-state index in [1.807, 2.05) is 0 Å². The van der Waals surface area contributed by atoms with Crippen molar-refractivity contribution in [2.45, 2.75) is 18.9 Å². The van der Waals surface area contributed by atoms with Crippen molar-refractivity contribution in [1.29, 1.82) is 0 Å². The lowest BCUT2D eigenvalue weighted by Crippen LogP contribution is -2.43. The van der Waals surface area contributed by atoms with Crippen LogP contribution in [0.25, 0.3) is 0 Å². The topological polar surface area (TPSA) is 102 Å². The third-order valence-electron chi connectivity index (χ3n) is 3.50. The highest BCUT2D eigenvalue weighted by atomic mass is 35.5. The molecule has 8 heteroatoms. The van der Waals surface area contributed by atoms with E-state index in [1.54, 1.807) is 7.05 Å². The first kappa shape index (κ1) is 14.7. The Morgan fingerprint density at radius 2 is 2.35 bits per heavy atom. The van der Waals surface area contributed by atoms with Gasteiger partial charge < -0.3 is 10.6 Å². The van der Waals surface area contributed by atoms with Gasteiger partial charge in [-0.2, -0.15) is 0 Å². The van der Waals surface area contributed by atoms with Gasteiger partial charge in [0.05, 0.1) is 4.92 Å². The molecule has 1 saturated carbocycles. The molecule has 0 aromatic carbocycles. The number of hydrogen-bond donors (Lipinski definition) is 1. The van der Waals surface area contributed by atoms with Crippen molar-refractivity contribution >= 4 is 23.2 Å². The first-order chi connectivity index (χ1) is 9.45. The van der Waals surface area contributed by atoms with E-state index in [-0.39, 0.29) is 22.4 Å². The first-order valence-electron chi connectivity index (χ1n) is 6.23. The smallest absolute Gasteiger partial charge is 0.300 e. The second-order valence-electron chi connectivity index (χ2n) is 4.84. The molecule has 1 aromatic heterocycles. The van der Waals surface area contributed by atoms with Gasteiger partial charge in [-0.05, 0) is 24.8 Å². The van der Waals surface area contributed by atoms with Gasteiger partial charge in [0.15, 0.2) is 0 Å². The fourth-order valence-electron chi connectivity index (χ4n) is 2.23. The van der Waals surface area contributed by atoms with E-state index in [1.165, 1.54) is 11.0 Å². The van der Waals surface area contributed by atoms with E-state index in [4.69, 9.17) is 17.3 Å². The number of carbonyl (C=O) groups is 1. The van der Waals surface area contributed by atoms with Crippen molar-refractivity contribution in [3.8, 4) is 0 Å². The average molecular weight is 299 g/mol. The van der Waals surface area contributed by atoms with Crippen LogP contribution < -0.4 is 5.73 Å². The number of amides is 1. The average Bonchev–Trinajstić information content (AvgIpc) is 3.22. The predicted octanol–water partition coefficient (Wildman–Crippen LogP) is 1.45.